The Bertz CT molecular complexity index is 733. The summed E-state index contributed by atoms with van der Waals surface area (Å²) in [5, 5.41) is 8.22. The highest BCUT2D eigenvalue weighted by Crippen LogP contribution is 2.47. The van der Waals surface area contributed by atoms with Gasteiger partial charge in [0, 0.05) is 31.8 Å². The third-order valence-electron chi connectivity index (χ3n) is 5.03. The zero-order valence-electron chi connectivity index (χ0n) is 13.7. The van der Waals surface area contributed by atoms with E-state index in [-0.39, 0.29) is 5.91 Å². The van der Waals surface area contributed by atoms with Gasteiger partial charge in [-0.25, -0.2) is 0 Å². The maximum atomic E-state index is 12.4. The van der Waals surface area contributed by atoms with Crippen molar-refractivity contribution in [3.8, 4) is 0 Å². The number of furan rings is 1. The van der Waals surface area contributed by atoms with Gasteiger partial charge in [0.2, 0.25) is 5.91 Å². The fourth-order valence-electron chi connectivity index (χ4n) is 3.35. The van der Waals surface area contributed by atoms with E-state index in [9.17, 15) is 4.79 Å². The Balaban J connectivity index is 1.33. The van der Waals surface area contributed by atoms with Crippen molar-refractivity contribution in [2.45, 2.75) is 52.1 Å². The lowest BCUT2D eigenvalue weighted by Gasteiger charge is -2.27. The summed E-state index contributed by atoms with van der Waals surface area (Å²) < 4.78 is 7.96. The summed E-state index contributed by atoms with van der Waals surface area (Å²) >= 11 is 0. The van der Waals surface area contributed by atoms with Gasteiger partial charge in [0.15, 0.2) is 5.82 Å². The third kappa shape index (κ3) is 2.78. The van der Waals surface area contributed by atoms with E-state index in [2.05, 4.69) is 27.8 Å². The molecule has 3 heterocycles. The van der Waals surface area contributed by atoms with E-state index >= 15 is 0 Å². The highest BCUT2D eigenvalue weighted by Gasteiger charge is 2.36. The molecule has 0 N–H and O–H groups in total. The minimum Gasteiger partial charge on any atom is -0.466 e. The molecule has 0 unspecified atom stereocenters. The first-order chi connectivity index (χ1) is 11.1. The molecule has 1 aliphatic heterocycles. The van der Waals surface area contributed by atoms with Crippen LogP contribution in [0, 0.1) is 12.8 Å². The molecule has 2 aromatic rings. The van der Waals surface area contributed by atoms with Crippen molar-refractivity contribution in [2.24, 2.45) is 5.92 Å². The molecule has 1 amide bonds. The van der Waals surface area contributed by atoms with Crippen LogP contribution in [-0.2, 0) is 24.3 Å². The number of aryl methyl sites for hydroxylation is 2. The third-order valence-corrected chi connectivity index (χ3v) is 5.03. The maximum absolute atomic E-state index is 12.4. The number of amides is 1. The summed E-state index contributed by atoms with van der Waals surface area (Å²) in [4.78, 5) is 14.3. The lowest BCUT2D eigenvalue weighted by Crippen LogP contribution is -2.38. The zero-order chi connectivity index (χ0) is 16.0. The van der Waals surface area contributed by atoms with E-state index in [0.29, 0.717) is 25.3 Å². The van der Waals surface area contributed by atoms with Crippen molar-refractivity contribution in [3.63, 3.8) is 0 Å². The molecule has 0 saturated heterocycles. The molecular formula is C17H22N4O2. The Morgan fingerprint density at radius 1 is 1.35 bits per heavy atom. The first-order valence-electron chi connectivity index (χ1n) is 8.37. The predicted molar refractivity (Wildman–Crippen MR) is 83.7 cm³/mol. The molecule has 2 aliphatic rings. The Kier molecular flexibility index (Phi) is 3.47. The Labute approximate surface area is 135 Å². The van der Waals surface area contributed by atoms with Crippen molar-refractivity contribution in [1.29, 1.82) is 0 Å². The average Bonchev–Trinajstić information content (AvgIpc) is 2.97. The highest BCUT2D eigenvalue weighted by molar-refractivity contribution is 5.76. The fraction of sp³-hybridized carbons (Fsp3) is 0.588. The summed E-state index contributed by atoms with van der Waals surface area (Å²) in [5.41, 5.74) is 0. The smallest absolute Gasteiger partial charge is 0.223 e. The fourth-order valence-corrected chi connectivity index (χ4v) is 3.35. The lowest BCUT2D eigenvalue weighted by atomic mass is 10.2. The number of carbonyl (C=O) groups excluding carboxylic acids is 1. The molecule has 2 aromatic heterocycles. The van der Waals surface area contributed by atoms with Gasteiger partial charge in [0.05, 0.1) is 6.54 Å². The Morgan fingerprint density at radius 2 is 2.17 bits per heavy atom. The normalized spacial score (nSPS) is 23.0. The van der Waals surface area contributed by atoms with Crippen LogP contribution in [0.5, 0.6) is 0 Å². The number of carbonyl (C=O) groups is 1. The average molecular weight is 314 g/mol. The van der Waals surface area contributed by atoms with Gasteiger partial charge in [-0.1, -0.05) is 6.92 Å². The van der Waals surface area contributed by atoms with Crippen LogP contribution in [0.1, 0.15) is 48.9 Å². The molecule has 0 bridgehead atoms. The minimum atomic E-state index is 0.162. The maximum Gasteiger partial charge on any atom is 0.223 e. The topological polar surface area (TPSA) is 64.2 Å². The molecule has 1 aliphatic carbocycles. The number of nitrogens with zero attached hydrogens (tertiary/aromatic N) is 4. The molecule has 6 nitrogen and oxygen atoms in total. The number of hydrogen-bond donors (Lipinski definition) is 0. The summed E-state index contributed by atoms with van der Waals surface area (Å²) in [6, 6.07) is 4.09. The van der Waals surface area contributed by atoms with Gasteiger partial charge in [-0.3, -0.25) is 4.79 Å². The number of hydrogen-bond acceptors (Lipinski definition) is 4. The molecular weight excluding hydrogens is 292 g/mol. The first-order valence-corrected chi connectivity index (χ1v) is 8.37. The van der Waals surface area contributed by atoms with Crippen molar-refractivity contribution >= 4 is 5.91 Å². The van der Waals surface area contributed by atoms with Crippen molar-refractivity contribution in [3.05, 3.63) is 35.3 Å². The van der Waals surface area contributed by atoms with E-state index in [1.165, 1.54) is 6.42 Å². The summed E-state index contributed by atoms with van der Waals surface area (Å²) in [7, 11) is 0. The van der Waals surface area contributed by atoms with Crippen molar-refractivity contribution in [1.82, 2.24) is 19.7 Å². The zero-order valence-corrected chi connectivity index (χ0v) is 13.7. The Morgan fingerprint density at radius 3 is 2.96 bits per heavy atom. The van der Waals surface area contributed by atoms with Gasteiger partial charge in [-0.05, 0) is 31.4 Å². The highest BCUT2D eigenvalue weighted by atomic mass is 16.3. The van der Waals surface area contributed by atoms with Crippen LogP contribution in [0.25, 0.3) is 0 Å². The quantitative estimate of drug-likeness (QED) is 0.868. The van der Waals surface area contributed by atoms with E-state index < -0.39 is 0 Å². The van der Waals surface area contributed by atoms with Crippen LogP contribution >= 0.6 is 0 Å². The number of fused-ring (bicyclic) bond motifs is 1. The first kappa shape index (κ1) is 14.5. The molecule has 2 atom stereocenters. The van der Waals surface area contributed by atoms with E-state index in [4.69, 9.17) is 4.42 Å². The van der Waals surface area contributed by atoms with Gasteiger partial charge in [0.25, 0.3) is 0 Å². The van der Waals surface area contributed by atoms with Gasteiger partial charge in [-0.15, -0.1) is 10.2 Å². The van der Waals surface area contributed by atoms with Crippen LogP contribution < -0.4 is 0 Å². The summed E-state index contributed by atoms with van der Waals surface area (Å²) in [6.07, 6.45) is 2.38. The minimum absolute atomic E-state index is 0.162. The molecule has 23 heavy (non-hydrogen) atoms. The molecule has 0 radical (unpaired) electrons. The largest absolute Gasteiger partial charge is 0.466 e. The number of rotatable bonds is 4. The SMILES string of the molecule is Cc1nnc2n1CCN(C(=O)CCc1ccc([C@@H]3C[C@H]3C)o1)C2. The van der Waals surface area contributed by atoms with Gasteiger partial charge < -0.3 is 13.9 Å². The lowest BCUT2D eigenvalue weighted by molar-refractivity contribution is -0.132. The summed E-state index contributed by atoms with van der Waals surface area (Å²) in [5.74, 6) is 5.30. The number of aromatic nitrogens is 3. The standard InChI is InChI=1S/C17H22N4O2/c1-11-9-14(11)15-5-3-13(23-15)4-6-17(22)20-7-8-21-12(2)18-19-16(21)10-20/h3,5,11,14H,4,6-10H2,1-2H3/t11-,14-/m1/s1. The summed E-state index contributed by atoms with van der Waals surface area (Å²) in [6.45, 7) is 6.26. The van der Waals surface area contributed by atoms with E-state index in [0.717, 1.165) is 42.2 Å². The van der Waals surface area contributed by atoms with Crippen LogP contribution in [-0.4, -0.2) is 32.1 Å². The second kappa shape index (κ2) is 5.51. The second-order valence-electron chi connectivity index (χ2n) is 6.75. The molecule has 0 spiro atoms. The van der Waals surface area contributed by atoms with Crippen molar-refractivity contribution < 1.29 is 9.21 Å². The van der Waals surface area contributed by atoms with E-state index in [1.54, 1.807) is 0 Å². The Hall–Kier alpha value is -2.11. The molecule has 122 valence electrons. The molecule has 0 aromatic carbocycles. The molecule has 6 heteroatoms. The van der Waals surface area contributed by atoms with Crippen molar-refractivity contribution in [2.75, 3.05) is 6.54 Å². The van der Waals surface area contributed by atoms with E-state index in [1.807, 2.05) is 17.9 Å². The van der Waals surface area contributed by atoms with Gasteiger partial charge >= 0.3 is 0 Å². The van der Waals surface area contributed by atoms with Crippen LogP contribution in [0.4, 0.5) is 0 Å². The molecule has 1 saturated carbocycles. The van der Waals surface area contributed by atoms with Gasteiger partial charge in [0.1, 0.15) is 17.3 Å². The molecule has 1 fully saturated rings. The monoisotopic (exact) mass is 314 g/mol. The second-order valence-corrected chi connectivity index (χ2v) is 6.75. The predicted octanol–water partition coefficient (Wildman–Crippen LogP) is 2.28. The molecule has 4 rings (SSSR count). The van der Waals surface area contributed by atoms with Gasteiger partial charge in [-0.2, -0.15) is 0 Å². The van der Waals surface area contributed by atoms with Crippen LogP contribution in [0.3, 0.4) is 0 Å². The van der Waals surface area contributed by atoms with Crippen LogP contribution in [0.2, 0.25) is 0 Å². The van der Waals surface area contributed by atoms with Crippen LogP contribution in [0.15, 0.2) is 16.5 Å².